The van der Waals surface area contributed by atoms with Gasteiger partial charge in [0.1, 0.15) is 12.1 Å². The highest BCUT2D eigenvalue weighted by Gasteiger charge is 2.29. The van der Waals surface area contributed by atoms with Crippen LogP contribution in [-0.2, 0) is 0 Å². The Bertz CT molecular complexity index is 449. The second-order valence-corrected chi connectivity index (χ2v) is 7.03. The highest BCUT2D eigenvalue weighted by atomic mass is 35.5. The van der Waals surface area contributed by atoms with E-state index in [1.807, 2.05) is 11.8 Å². The van der Waals surface area contributed by atoms with Gasteiger partial charge in [0.2, 0.25) is 0 Å². The van der Waals surface area contributed by atoms with E-state index in [-0.39, 0.29) is 24.8 Å². The Balaban J connectivity index is 0.00000121. The molecule has 0 aromatic carbocycles. The molecule has 0 radical (unpaired) electrons. The number of rotatable bonds is 4. The Hall–Kier alpha value is -0.230. The average Bonchev–Trinajstić information content (AvgIpc) is 2.45. The van der Waals surface area contributed by atoms with Crippen molar-refractivity contribution in [2.45, 2.75) is 37.6 Å². The van der Waals surface area contributed by atoms with Crippen LogP contribution in [0.5, 0.6) is 0 Å². The molecule has 0 unspecified atom stereocenters. The molecule has 1 saturated heterocycles. The summed E-state index contributed by atoms with van der Waals surface area (Å²) in [6.07, 6.45) is 8.65. The minimum absolute atomic E-state index is 0. The lowest BCUT2D eigenvalue weighted by atomic mass is 9.78. The molecule has 0 bridgehead atoms. The van der Waals surface area contributed by atoms with E-state index in [9.17, 15) is 0 Å². The predicted molar refractivity (Wildman–Crippen MR) is 99.8 cm³/mol. The van der Waals surface area contributed by atoms with Gasteiger partial charge in [-0.25, -0.2) is 9.97 Å². The molecule has 7 heteroatoms. The van der Waals surface area contributed by atoms with Crippen molar-refractivity contribution in [3.05, 3.63) is 18.1 Å². The zero-order valence-corrected chi connectivity index (χ0v) is 15.4. The van der Waals surface area contributed by atoms with E-state index in [1.165, 1.54) is 24.3 Å². The summed E-state index contributed by atoms with van der Waals surface area (Å²) in [5.74, 6) is 3.84. The van der Waals surface area contributed by atoms with Crippen LogP contribution in [-0.4, -0.2) is 41.1 Å². The molecule has 3 rings (SSSR count). The van der Waals surface area contributed by atoms with Crippen LogP contribution in [0.4, 0.5) is 5.82 Å². The molecule has 1 aliphatic heterocycles. The molecule has 22 heavy (non-hydrogen) atoms. The van der Waals surface area contributed by atoms with Crippen molar-refractivity contribution in [1.82, 2.24) is 9.97 Å². The SMILES string of the molecule is CSCC1CCN(c2cc(C3CC(N)C3)ncn2)CC1.Cl.Cl. The van der Waals surface area contributed by atoms with Crippen molar-refractivity contribution < 1.29 is 0 Å². The van der Waals surface area contributed by atoms with Crippen LogP contribution in [0.15, 0.2) is 12.4 Å². The van der Waals surface area contributed by atoms with Crippen molar-refractivity contribution in [3.63, 3.8) is 0 Å². The van der Waals surface area contributed by atoms with Gasteiger partial charge >= 0.3 is 0 Å². The maximum Gasteiger partial charge on any atom is 0.132 e. The van der Waals surface area contributed by atoms with Gasteiger partial charge in [-0.15, -0.1) is 24.8 Å². The number of aromatic nitrogens is 2. The lowest BCUT2D eigenvalue weighted by Gasteiger charge is -2.34. The number of anilines is 1. The zero-order chi connectivity index (χ0) is 13.9. The molecule has 1 saturated carbocycles. The predicted octanol–water partition coefficient (Wildman–Crippen LogP) is 3.10. The smallest absolute Gasteiger partial charge is 0.132 e. The summed E-state index contributed by atoms with van der Waals surface area (Å²) in [7, 11) is 0. The van der Waals surface area contributed by atoms with E-state index >= 15 is 0 Å². The average molecular weight is 365 g/mol. The molecule has 2 fully saturated rings. The summed E-state index contributed by atoms with van der Waals surface area (Å²) in [5.41, 5.74) is 7.06. The van der Waals surface area contributed by atoms with Gasteiger partial charge in [0.15, 0.2) is 0 Å². The highest BCUT2D eigenvalue weighted by Crippen LogP contribution is 2.35. The quantitative estimate of drug-likeness (QED) is 0.889. The van der Waals surface area contributed by atoms with Crippen LogP contribution in [0.1, 0.15) is 37.3 Å². The van der Waals surface area contributed by atoms with Crippen LogP contribution in [0, 0.1) is 5.92 Å². The highest BCUT2D eigenvalue weighted by molar-refractivity contribution is 7.98. The van der Waals surface area contributed by atoms with Crippen LogP contribution < -0.4 is 10.6 Å². The molecule has 1 aliphatic carbocycles. The molecular weight excluding hydrogens is 339 g/mol. The largest absolute Gasteiger partial charge is 0.356 e. The number of piperidine rings is 1. The topological polar surface area (TPSA) is 55.0 Å². The molecule has 0 amide bonds. The zero-order valence-electron chi connectivity index (χ0n) is 13.0. The van der Waals surface area contributed by atoms with Gasteiger partial charge in [0.05, 0.1) is 0 Å². The van der Waals surface area contributed by atoms with Gasteiger partial charge in [0, 0.05) is 36.8 Å². The second-order valence-electron chi connectivity index (χ2n) is 6.12. The summed E-state index contributed by atoms with van der Waals surface area (Å²) in [6, 6.07) is 2.56. The number of halogens is 2. The monoisotopic (exact) mass is 364 g/mol. The number of hydrogen-bond acceptors (Lipinski definition) is 5. The first-order chi connectivity index (χ1) is 9.76. The maximum absolute atomic E-state index is 5.88. The van der Waals surface area contributed by atoms with Crippen molar-refractivity contribution in [3.8, 4) is 0 Å². The Morgan fingerprint density at radius 3 is 2.50 bits per heavy atom. The first-order valence-electron chi connectivity index (χ1n) is 7.57. The Morgan fingerprint density at radius 2 is 1.91 bits per heavy atom. The Labute approximate surface area is 149 Å². The third-order valence-electron chi connectivity index (χ3n) is 4.61. The summed E-state index contributed by atoms with van der Waals surface area (Å²) in [5, 5.41) is 0. The molecule has 2 heterocycles. The number of hydrogen-bond donors (Lipinski definition) is 1. The van der Waals surface area contributed by atoms with Gasteiger partial charge in [-0.2, -0.15) is 11.8 Å². The molecule has 1 aromatic heterocycles. The van der Waals surface area contributed by atoms with E-state index in [2.05, 4.69) is 27.2 Å². The van der Waals surface area contributed by atoms with Crippen molar-refractivity contribution in [1.29, 1.82) is 0 Å². The maximum atomic E-state index is 5.88. The van der Waals surface area contributed by atoms with E-state index in [0.29, 0.717) is 12.0 Å². The molecular formula is C15H26Cl2N4S. The fourth-order valence-corrected chi connectivity index (χ4v) is 4.03. The van der Waals surface area contributed by atoms with Crippen molar-refractivity contribution in [2.24, 2.45) is 11.7 Å². The van der Waals surface area contributed by atoms with Crippen molar-refractivity contribution in [2.75, 3.05) is 30.0 Å². The molecule has 0 atom stereocenters. The summed E-state index contributed by atoms with van der Waals surface area (Å²) < 4.78 is 0. The lowest BCUT2D eigenvalue weighted by Crippen LogP contribution is -2.36. The second kappa shape index (κ2) is 9.16. The minimum atomic E-state index is 0. The third-order valence-corrected chi connectivity index (χ3v) is 5.41. The number of nitrogens with zero attached hydrogens (tertiary/aromatic N) is 3. The fourth-order valence-electron chi connectivity index (χ4n) is 3.23. The lowest BCUT2D eigenvalue weighted by molar-refractivity contribution is 0.345. The number of thioether (sulfide) groups is 1. The van der Waals surface area contributed by atoms with Crippen LogP contribution in [0.3, 0.4) is 0 Å². The molecule has 1 aromatic rings. The van der Waals surface area contributed by atoms with E-state index in [1.54, 1.807) is 6.33 Å². The normalized spacial score (nSPS) is 24.9. The standard InChI is InChI=1S/C15H24N4S.2ClH/c1-20-9-11-2-4-19(5-3-11)15-8-14(17-10-18-15)12-6-13(16)7-12;;/h8,10-13H,2-7,9,16H2,1H3;2*1H. The van der Waals surface area contributed by atoms with Gasteiger partial charge in [-0.05, 0) is 43.6 Å². The van der Waals surface area contributed by atoms with Crippen molar-refractivity contribution >= 4 is 42.4 Å². The third kappa shape index (κ3) is 4.63. The van der Waals surface area contributed by atoms with Crippen LogP contribution in [0.2, 0.25) is 0 Å². The fraction of sp³-hybridized carbons (Fsp3) is 0.733. The molecule has 126 valence electrons. The Kier molecular flexibility index (Phi) is 8.25. The van der Waals surface area contributed by atoms with Gasteiger partial charge in [0.25, 0.3) is 0 Å². The Morgan fingerprint density at radius 1 is 1.23 bits per heavy atom. The first-order valence-corrected chi connectivity index (χ1v) is 8.97. The van der Waals surface area contributed by atoms with E-state index in [4.69, 9.17) is 5.73 Å². The minimum Gasteiger partial charge on any atom is -0.356 e. The van der Waals surface area contributed by atoms with Gasteiger partial charge in [-0.1, -0.05) is 0 Å². The van der Waals surface area contributed by atoms with Crippen LogP contribution in [0.25, 0.3) is 0 Å². The number of nitrogens with two attached hydrogens (primary N) is 1. The molecule has 4 nitrogen and oxygen atoms in total. The van der Waals surface area contributed by atoms with E-state index < -0.39 is 0 Å². The molecule has 2 aliphatic rings. The molecule has 2 N–H and O–H groups in total. The first kappa shape index (κ1) is 19.8. The summed E-state index contributed by atoms with van der Waals surface area (Å²) >= 11 is 1.97. The summed E-state index contributed by atoms with van der Waals surface area (Å²) in [6.45, 7) is 2.26. The van der Waals surface area contributed by atoms with Crippen LogP contribution >= 0.6 is 36.6 Å². The van der Waals surface area contributed by atoms with Gasteiger partial charge in [-0.3, -0.25) is 0 Å². The van der Waals surface area contributed by atoms with Gasteiger partial charge < -0.3 is 10.6 Å². The van der Waals surface area contributed by atoms with E-state index in [0.717, 1.165) is 37.7 Å². The molecule has 0 spiro atoms. The summed E-state index contributed by atoms with van der Waals surface area (Å²) in [4.78, 5) is 11.3.